The van der Waals surface area contributed by atoms with Gasteiger partial charge in [-0.15, -0.1) is 0 Å². The maximum atomic E-state index is 11.5. The average Bonchev–Trinajstić information content (AvgIpc) is 2.96. The van der Waals surface area contributed by atoms with E-state index in [2.05, 4.69) is 10.3 Å². The van der Waals surface area contributed by atoms with E-state index in [0.717, 1.165) is 6.54 Å². The number of rotatable bonds is 4. The zero-order valence-electron chi connectivity index (χ0n) is 7.74. The maximum Gasteiger partial charge on any atom is 0.266 e. The maximum absolute atomic E-state index is 11.5. The van der Waals surface area contributed by atoms with E-state index in [1.807, 2.05) is 22.6 Å². The van der Waals surface area contributed by atoms with E-state index in [1.165, 1.54) is 12.8 Å². The van der Waals surface area contributed by atoms with Gasteiger partial charge in [0.05, 0.1) is 9.90 Å². The van der Waals surface area contributed by atoms with Gasteiger partial charge in [-0.1, -0.05) is 0 Å². The van der Waals surface area contributed by atoms with Crippen LogP contribution in [0.15, 0.2) is 17.3 Å². The van der Waals surface area contributed by atoms with E-state index in [1.54, 1.807) is 17.1 Å². The van der Waals surface area contributed by atoms with Gasteiger partial charge in [-0.05, 0) is 35.4 Å². The van der Waals surface area contributed by atoms with Gasteiger partial charge in [0.15, 0.2) is 0 Å². The molecule has 4 nitrogen and oxygen atoms in total. The van der Waals surface area contributed by atoms with Gasteiger partial charge in [-0.25, -0.2) is 4.98 Å². The second-order valence-corrected chi connectivity index (χ2v) is 4.63. The molecule has 5 heteroatoms. The minimum absolute atomic E-state index is 0.0539. The molecule has 1 N–H and O–H groups in total. The average molecular weight is 305 g/mol. The molecule has 0 saturated heterocycles. The second kappa shape index (κ2) is 4.39. The third-order valence-electron chi connectivity index (χ3n) is 2.22. The number of hydrogen-bond donors (Lipinski definition) is 1. The molecule has 0 radical (unpaired) electrons. The molecule has 1 aliphatic rings. The third kappa shape index (κ3) is 2.54. The Morgan fingerprint density at radius 2 is 2.43 bits per heavy atom. The lowest BCUT2D eigenvalue weighted by Gasteiger charge is -2.05. The summed E-state index contributed by atoms with van der Waals surface area (Å²) in [6, 6.07) is 0.696. The van der Waals surface area contributed by atoms with Crippen molar-refractivity contribution in [3.05, 3.63) is 26.4 Å². The van der Waals surface area contributed by atoms with E-state index in [4.69, 9.17) is 0 Å². The fourth-order valence-corrected chi connectivity index (χ4v) is 1.73. The summed E-state index contributed by atoms with van der Waals surface area (Å²) in [6.45, 7) is 1.56. The molecule has 1 aliphatic carbocycles. The highest BCUT2D eigenvalue weighted by Gasteiger charge is 2.19. The summed E-state index contributed by atoms with van der Waals surface area (Å²) in [5, 5.41) is 3.36. The van der Waals surface area contributed by atoms with Gasteiger partial charge >= 0.3 is 0 Å². The smallest absolute Gasteiger partial charge is 0.266 e. The highest BCUT2D eigenvalue weighted by atomic mass is 127. The van der Waals surface area contributed by atoms with Gasteiger partial charge in [0.1, 0.15) is 0 Å². The fourth-order valence-electron chi connectivity index (χ4n) is 1.26. The monoisotopic (exact) mass is 305 g/mol. The molecule has 76 valence electrons. The predicted octanol–water partition coefficient (Wildman–Crippen LogP) is 0.600. The van der Waals surface area contributed by atoms with Crippen molar-refractivity contribution in [2.24, 2.45) is 0 Å². The number of aromatic nitrogens is 2. The first kappa shape index (κ1) is 10.1. The molecule has 0 bridgehead atoms. The van der Waals surface area contributed by atoms with Crippen molar-refractivity contribution in [2.45, 2.75) is 25.4 Å². The molecule has 0 amide bonds. The number of nitrogens with one attached hydrogen (secondary N) is 1. The lowest BCUT2D eigenvalue weighted by atomic mass is 10.5. The van der Waals surface area contributed by atoms with Crippen LogP contribution in [0, 0.1) is 3.57 Å². The van der Waals surface area contributed by atoms with Crippen molar-refractivity contribution in [3.8, 4) is 0 Å². The van der Waals surface area contributed by atoms with E-state index < -0.39 is 0 Å². The van der Waals surface area contributed by atoms with Gasteiger partial charge in [0, 0.05) is 25.3 Å². The molecular weight excluding hydrogens is 293 g/mol. The zero-order valence-corrected chi connectivity index (χ0v) is 9.90. The molecular formula is C9H12IN3O. The predicted molar refractivity (Wildman–Crippen MR) is 62.2 cm³/mol. The largest absolute Gasteiger partial charge is 0.312 e. The van der Waals surface area contributed by atoms with Crippen LogP contribution in [0.1, 0.15) is 12.8 Å². The van der Waals surface area contributed by atoms with E-state index in [0.29, 0.717) is 16.2 Å². The molecule has 0 spiro atoms. The van der Waals surface area contributed by atoms with Crippen molar-refractivity contribution < 1.29 is 0 Å². The van der Waals surface area contributed by atoms with Crippen LogP contribution in [-0.4, -0.2) is 22.1 Å². The summed E-state index contributed by atoms with van der Waals surface area (Å²) in [7, 11) is 0. The van der Waals surface area contributed by atoms with Gasteiger partial charge in [-0.3, -0.25) is 9.36 Å². The van der Waals surface area contributed by atoms with Gasteiger partial charge in [-0.2, -0.15) is 0 Å². The fraction of sp³-hybridized carbons (Fsp3) is 0.556. The van der Waals surface area contributed by atoms with Crippen molar-refractivity contribution in [2.75, 3.05) is 6.54 Å². The Bertz CT molecular complexity index is 373. The van der Waals surface area contributed by atoms with Crippen LogP contribution in [0.3, 0.4) is 0 Å². The standard InChI is InChI=1S/C9H12IN3O/c10-8-5-11-6-13(9(8)14)4-3-12-7-1-2-7/h5-7,12H,1-4H2. The van der Waals surface area contributed by atoms with Crippen molar-refractivity contribution in [1.82, 2.24) is 14.9 Å². The third-order valence-corrected chi connectivity index (χ3v) is 2.96. The Labute approximate surface area is 95.9 Å². The molecule has 1 heterocycles. The van der Waals surface area contributed by atoms with E-state index in [-0.39, 0.29) is 5.56 Å². The van der Waals surface area contributed by atoms with Crippen molar-refractivity contribution in [3.63, 3.8) is 0 Å². The van der Waals surface area contributed by atoms with Crippen LogP contribution < -0.4 is 10.9 Å². The Kier molecular flexibility index (Phi) is 3.17. The highest BCUT2D eigenvalue weighted by molar-refractivity contribution is 14.1. The van der Waals surface area contributed by atoms with Crippen molar-refractivity contribution in [1.29, 1.82) is 0 Å². The topological polar surface area (TPSA) is 46.9 Å². The molecule has 0 atom stereocenters. The number of hydrogen-bond acceptors (Lipinski definition) is 3. The second-order valence-electron chi connectivity index (χ2n) is 3.47. The summed E-state index contributed by atoms with van der Waals surface area (Å²) in [5.74, 6) is 0. The summed E-state index contributed by atoms with van der Waals surface area (Å²) >= 11 is 2.01. The first-order valence-corrected chi connectivity index (χ1v) is 5.78. The zero-order chi connectivity index (χ0) is 9.97. The van der Waals surface area contributed by atoms with Crippen LogP contribution in [0.5, 0.6) is 0 Å². The van der Waals surface area contributed by atoms with Gasteiger partial charge < -0.3 is 5.32 Å². The molecule has 2 rings (SSSR count). The van der Waals surface area contributed by atoms with Crippen molar-refractivity contribution >= 4 is 22.6 Å². The quantitative estimate of drug-likeness (QED) is 0.829. The van der Waals surface area contributed by atoms with Crippen LogP contribution in [0.2, 0.25) is 0 Å². The lowest BCUT2D eigenvalue weighted by Crippen LogP contribution is -2.29. The first-order chi connectivity index (χ1) is 6.77. The Morgan fingerprint density at radius 1 is 1.64 bits per heavy atom. The van der Waals surface area contributed by atoms with E-state index in [9.17, 15) is 4.79 Å². The minimum Gasteiger partial charge on any atom is -0.312 e. The van der Waals surface area contributed by atoms with Crippen LogP contribution in [-0.2, 0) is 6.54 Å². The van der Waals surface area contributed by atoms with Gasteiger partial charge in [0.2, 0.25) is 0 Å². The van der Waals surface area contributed by atoms with Gasteiger partial charge in [0.25, 0.3) is 5.56 Å². The number of nitrogens with zero attached hydrogens (tertiary/aromatic N) is 2. The summed E-state index contributed by atoms with van der Waals surface area (Å²) < 4.78 is 2.33. The summed E-state index contributed by atoms with van der Waals surface area (Å²) in [6.07, 6.45) is 5.74. The first-order valence-electron chi connectivity index (χ1n) is 4.70. The van der Waals surface area contributed by atoms with E-state index >= 15 is 0 Å². The molecule has 0 aliphatic heterocycles. The minimum atomic E-state index is 0.0539. The van der Waals surface area contributed by atoms with Crippen LogP contribution in [0.25, 0.3) is 0 Å². The molecule has 1 aromatic rings. The highest BCUT2D eigenvalue weighted by Crippen LogP contribution is 2.17. The Balaban J connectivity index is 1.94. The SMILES string of the molecule is O=c1c(I)cncn1CCNC1CC1. The Hall–Kier alpha value is -0.430. The molecule has 1 saturated carbocycles. The normalized spacial score (nSPS) is 15.8. The van der Waals surface area contributed by atoms with Crippen LogP contribution >= 0.6 is 22.6 Å². The molecule has 14 heavy (non-hydrogen) atoms. The molecule has 1 fully saturated rings. The lowest BCUT2D eigenvalue weighted by molar-refractivity contribution is 0.574. The summed E-state index contributed by atoms with van der Waals surface area (Å²) in [5.41, 5.74) is 0.0539. The van der Waals surface area contributed by atoms with Crippen LogP contribution in [0.4, 0.5) is 0 Å². The number of halogens is 1. The molecule has 1 aromatic heterocycles. The molecule has 0 unspecified atom stereocenters. The summed E-state index contributed by atoms with van der Waals surface area (Å²) in [4.78, 5) is 15.5. The molecule has 0 aromatic carbocycles. The Morgan fingerprint density at radius 3 is 3.14 bits per heavy atom.